The Balaban J connectivity index is 2.83. The molecule has 1 atom stereocenters. The van der Waals surface area contributed by atoms with Crippen LogP contribution in [0.15, 0.2) is 6.20 Å². The number of aryl methyl sites for hydroxylation is 1. The number of nitrogens with zero attached hydrogens (tertiary/aromatic N) is 2. The molecule has 0 aliphatic rings. The van der Waals surface area contributed by atoms with Crippen molar-refractivity contribution in [1.82, 2.24) is 10.3 Å². The van der Waals surface area contributed by atoms with Crippen molar-refractivity contribution in [2.75, 3.05) is 6.61 Å². The second-order valence-corrected chi connectivity index (χ2v) is 5.51. The SMILES string of the molecule is Cc1cnc(CNC(CO)CC(C)C)c(C)c1[N+](=O)[O-]. The summed E-state index contributed by atoms with van der Waals surface area (Å²) in [5, 5.41) is 23.6. The summed E-state index contributed by atoms with van der Waals surface area (Å²) in [6, 6.07) is -0.0171. The van der Waals surface area contributed by atoms with Gasteiger partial charge >= 0.3 is 0 Å². The third-order valence-corrected chi connectivity index (χ3v) is 3.29. The number of nitro groups is 1. The highest BCUT2D eigenvalue weighted by Crippen LogP contribution is 2.24. The lowest BCUT2D eigenvalue weighted by atomic mass is 10.0. The number of nitrogens with one attached hydrogen (secondary N) is 1. The Kier molecular flexibility index (Phi) is 6.04. The summed E-state index contributed by atoms with van der Waals surface area (Å²) in [6.45, 7) is 8.04. The van der Waals surface area contributed by atoms with Crippen LogP contribution in [-0.4, -0.2) is 27.7 Å². The van der Waals surface area contributed by atoms with Gasteiger partial charge in [-0.3, -0.25) is 15.1 Å². The van der Waals surface area contributed by atoms with E-state index in [1.54, 1.807) is 13.8 Å². The molecule has 0 aliphatic heterocycles. The fourth-order valence-corrected chi connectivity index (χ4v) is 2.26. The van der Waals surface area contributed by atoms with Crippen LogP contribution in [0.1, 0.15) is 37.1 Å². The van der Waals surface area contributed by atoms with E-state index in [1.807, 2.05) is 0 Å². The lowest BCUT2D eigenvalue weighted by Gasteiger charge is -2.18. The van der Waals surface area contributed by atoms with Gasteiger partial charge in [0.05, 0.1) is 17.2 Å². The molecule has 0 saturated heterocycles. The molecule has 0 aromatic carbocycles. The van der Waals surface area contributed by atoms with Crippen LogP contribution in [0.2, 0.25) is 0 Å². The predicted molar refractivity (Wildman–Crippen MR) is 77.5 cm³/mol. The highest BCUT2D eigenvalue weighted by Gasteiger charge is 2.19. The first-order valence-corrected chi connectivity index (χ1v) is 6.80. The van der Waals surface area contributed by atoms with Crippen molar-refractivity contribution in [3.63, 3.8) is 0 Å². The summed E-state index contributed by atoms with van der Waals surface area (Å²) in [4.78, 5) is 14.9. The van der Waals surface area contributed by atoms with Crippen LogP contribution < -0.4 is 5.32 Å². The zero-order valence-electron chi connectivity index (χ0n) is 12.5. The normalized spacial score (nSPS) is 12.7. The highest BCUT2D eigenvalue weighted by molar-refractivity contribution is 5.47. The predicted octanol–water partition coefficient (Wildman–Crippen LogP) is 2.10. The number of rotatable bonds is 7. The minimum atomic E-state index is -0.368. The fraction of sp³-hybridized carbons (Fsp3) is 0.643. The second kappa shape index (κ2) is 7.31. The van der Waals surface area contributed by atoms with Crippen LogP contribution in [0.3, 0.4) is 0 Å². The van der Waals surface area contributed by atoms with Gasteiger partial charge in [-0.25, -0.2) is 0 Å². The number of aliphatic hydroxyl groups excluding tert-OH is 1. The Morgan fingerprint density at radius 1 is 1.45 bits per heavy atom. The zero-order valence-corrected chi connectivity index (χ0v) is 12.5. The van der Waals surface area contributed by atoms with E-state index < -0.39 is 0 Å². The van der Waals surface area contributed by atoms with Gasteiger partial charge in [0.25, 0.3) is 5.69 Å². The van der Waals surface area contributed by atoms with Crippen LogP contribution >= 0.6 is 0 Å². The standard InChI is InChI=1S/C14H23N3O3/c1-9(2)5-12(8-18)15-7-13-11(4)14(17(19)20)10(3)6-16-13/h6,9,12,15,18H,5,7-8H2,1-4H3. The van der Waals surface area contributed by atoms with Crippen LogP contribution in [0.25, 0.3) is 0 Å². The van der Waals surface area contributed by atoms with Crippen LogP contribution in [0.5, 0.6) is 0 Å². The Labute approximate surface area is 119 Å². The monoisotopic (exact) mass is 281 g/mol. The lowest BCUT2D eigenvalue weighted by Crippen LogP contribution is -2.33. The van der Waals surface area contributed by atoms with Crippen molar-refractivity contribution in [3.8, 4) is 0 Å². The maximum atomic E-state index is 11.1. The molecule has 20 heavy (non-hydrogen) atoms. The molecule has 1 aromatic rings. The smallest absolute Gasteiger partial charge is 0.278 e. The van der Waals surface area contributed by atoms with E-state index in [2.05, 4.69) is 24.1 Å². The number of aliphatic hydroxyl groups is 1. The third-order valence-electron chi connectivity index (χ3n) is 3.29. The van der Waals surface area contributed by atoms with Gasteiger partial charge in [0.15, 0.2) is 0 Å². The quantitative estimate of drug-likeness (QED) is 0.590. The number of hydrogen-bond donors (Lipinski definition) is 2. The highest BCUT2D eigenvalue weighted by atomic mass is 16.6. The lowest BCUT2D eigenvalue weighted by molar-refractivity contribution is -0.386. The van der Waals surface area contributed by atoms with Crippen molar-refractivity contribution < 1.29 is 10.0 Å². The molecule has 0 saturated carbocycles. The first-order valence-electron chi connectivity index (χ1n) is 6.80. The third kappa shape index (κ3) is 4.25. The molecular weight excluding hydrogens is 258 g/mol. The van der Waals surface area contributed by atoms with E-state index in [0.29, 0.717) is 29.3 Å². The molecule has 0 bridgehead atoms. The second-order valence-electron chi connectivity index (χ2n) is 5.51. The molecule has 6 nitrogen and oxygen atoms in total. The molecule has 0 spiro atoms. The van der Waals surface area contributed by atoms with Crippen molar-refractivity contribution in [2.45, 2.75) is 46.7 Å². The molecule has 1 rings (SSSR count). The Hall–Kier alpha value is -1.53. The van der Waals surface area contributed by atoms with E-state index in [0.717, 1.165) is 6.42 Å². The van der Waals surface area contributed by atoms with Crippen molar-refractivity contribution in [3.05, 3.63) is 33.1 Å². The summed E-state index contributed by atoms with van der Waals surface area (Å²) in [6.07, 6.45) is 2.38. The molecule has 0 amide bonds. The largest absolute Gasteiger partial charge is 0.395 e. The summed E-state index contributed by atoms with van der Waals surface area (Å²) < 4.78 is 0. The van der Waals surface area contributed by atoms with Gasteiger partial charge in [0.1, 0.15) is 0 Å². The molecular formula is C14H23N3O3. The molecule has 112 valence electrons. The summed E-state index contributed by atoms with van der Waals surface area (Å²) in [5.41, 5.74) is 1.94. The van der Waals surface area contributed by atoms with Crippen molar-refractivity contribution in [1.29, 1.82) is 0 Å². The number of hydrogen-bond acceptors (Lipinski definition) is 5. The molecule has 0 fully saturated rings. The number of aromatic nitrogens is 1. The molecule has 6 heteroatoms. The van der Waals surface area contributed by atoms with Crippen molar-refractivity contribution in [2.24, 2.45) is 5.92 Å². The van der Waals surface area contributed by atoms with Gasteiger partial charge in [0.2, 0.25) is 0 Å². The van der Waals surface area contributed by atoms with Crippen molar-refractivity contribution >= 4 is 5.69 Å². The van der Waals surface area contributed by atoms with Crippen LogP contribution in [0.4, 0.5) is 5.69 Å². The van der Waals surface area contributed by atoms with Gasteiger partial charge in [0, 0.05) is 29.9 Å². The maximum absolute atomic E-state index is 11.1. The molecule has 1 unspecified atom stereocenters. The van der Waals surface area contributed by atoms with Gasteiger partial charge in [-0.1, -0.05) is 13.8 Å². The van der Waals surface area contributed by atoms with Crippen LogP contribution in [0, 0.1) is 29.9 Å². The average Bonchev–Trinajstić information content (AvgIpc) is 2.35. The Morgan fingerprint density at radius 3 is 2.60 bits per heavy atom. The van der Waals surface area contributed by atoms with E-state index in [4.69, 9.17) is 0 Å². The topological polar surface area (TPSA) is 88.3 Å². The van der Waals surface area contributed by atoms with Gasteiger partial charge in [-0.15, -0.1) is 0 Å². The molecule has 1 aromatic heterocycles. The zero-order chi connectivity index (χ0) is 15.3. The minimum absolute atomic E-state index is 0.0171. The van der Waals surface area contributed by atoms with Gasteiger partial charge in [-0.2, -0.15) is 0 Å². The minimum Gasteiger partial charge on any atom is -0.395 e. The van der Waals surface area contributed by atoms with E-state index >= 15 is 0 Å². The molecule has 2 N–H and O–H groups in total. The van der Waals surface area contributed by atoms with E-state index in [-0.39, 0.29) is 23.3 Å². The molecule has 0 radical (unpaired) electrons. The Bertz CT molecular complexity index is 475. The first kappa shape index (κ1) is 16.5. The average molecular weight is 281 g/mol. The molecule has 0 aliphatic carbocycles. The Morgan fingerprint density at radius 2 is 2.10 bits per heavy atom. The van der Waals surface area contributed by atoms with Gasteiger partial charge < -0.3 is 10.4 Å². The number of pyridine rings is 1. The summed E-state index contributed by atoms with van der Waals surface area (Å²) in [5.74, 6) is 0.473. The van der Waals surface area contributed by atoms with Crippen LogP contribution in [-0.2, 0) is 6.54 Å². The summed E-state index contributed by atoms with van der Waals surface area (Å²) >= 11 is 0. The maximum Gasteiger partial charge on any atom is 0.278 e. The fourth-order valence-electron chi connectivity index (χ4n) is 2.26. The van der Waals surface area contributed by atoms with E-state index in [1.165, 1.54) is 6.20 Å². The molecule has 1 heterocycles. The van der Waals surface area contributed by atoms with Gasteiger partial charge in [-0.05, 0) is 26.2 Å². The van der Waals surface area contributed by atoms with E-state index in [9.17, 15) is 15.2 Å². The first-order chi connectivity index (χ1) is 9.36. The summed E-state index contributed by atoms with van der Waals surface area (Å²) in [7, 11) is 0.